The van der Waals surface area contributed by atoms with E-state index in [1.54, 1.807) is 24.3 Å². The van der Waals surface area contributed by atoms with E-state index in [4.69, 9.17) is 0 Å². The molecule has 0 saturated carbocycles. The second kappa shape index (κ2) is 7.07. The van der Waals surface area contributed by atoms with Crippen LogP contribution in [-0.2, 0) is 16.6 Å². The van der Waals surface area contributed by atoms with Crippen molar-refractivity contribution in [3.8, 4) is 0 Å². The van der Waals surface area contributed by atoms with E-state index >= 15 is 0 Å². The number of sulfonamides is 1. The van der Waals surface area contributed by atoms with Crippen LogP contribution in [0.5, 0.6) is 0 Å². The molecule has 3 aromatic rings. The van der Waals surface area contributed by atoms with Gasteiger partial charge in [0.25, 0.3) is 10.0 Å². The van der Waals surface area contributed by atoms with Gasteiger partial charge in [-0.3, -0.25) is 4.31 Å². The minimum atomic E-state index is -3.82. The first-order chi connectivity index (χ1) is 12.0. The van der Waals surface area contributed by atoms with Crippen LogP contribution in [0.2, 0.25) is 0 Å². The number of benzene rings is 3. The SMILES string of the molecule is Cc1cccc(CN(c2ccccc2)S(=O)(=O)c2ccc(F)cc2)c1. The monoisotopic (exact) mass is 355 g/mol. The van der Waals surface area contributed by atoms with E-state index in [1.165, 1.54) is 16.4 Å². The van der Waals surface area contributed by atoms with Crippen molar-refractivity contribution in [1.82, 2.24) is 0 Å². The van der Waals surface area contributed by atoms with Crippen molar-refractivity contribution >= 4 is 15.7 Å². The van der Waals surface area contributed by atoms with Gasteiger partial charge in [-0.25, -0.2) is 12.8 Å². The molecule has 0 amide bonds. The Bertz CT molecular complexity index is 955. The lowest BCUT2D eigenvalue weighted by Gasteiger charge is -2.25. The fourth-order valence-electron chi connectivity index (χ4n) is 2.62. The van der Waals surface area contributed by atoms with Gasteiger partial charge >= 0.3 is 0 Å². The number of rotatable bonds is 5. The van der Waals surface area contributed by atoms with Crippen LogP contribution in [-0.4, -0.2) is 8.42 Å². The molecule has 0 aliphatic carbocycles. The molecule has 0 heterocycles. The maximum atomic E-state index is 13.2. The first-order valence-corrected chi connectivity index (χ1v) is 9.30. The largest absolute Gasteiger partial charge is 0.264 e. The maximum Gasteiger partial charge on any atom is 0.264 e. The highest BCUT2D eigenvalue weighted by atomic mass is 32.2. The third kappa shape index (κ3) is 3.88. The van der Waals surface area contributed by atoms with Crippen molar-refractivity contribution < 1.29 is 12.8 Å². The van der Waals surface area contributed by atoms with Gasteiger partial charge in [-0.2, -0.15) is 0 Å². The first kappa shape index (κ1) is 17.2. The molecule has 3 nitrogen and oxygen atoms in total. The lowest BCUT2D eigenvalue weighted by molar-refractivity contribution is 0.589. The molecule has 0 bridgehead atoms. The van der Waals surface area contributed by atoms with E-state index < -0.39 is 15.8 Å². The van der Waals surface area contributed by atoms with Gasteiger partial charge < -0.3 is 0 Å². The third-order valence-electron chi connectivity index (χ3n) is 3.85. The summed E-state index contributed by atoms with van der Waals surface area (Å²) in [5, 5.41) is 0. The summed E-state index contributed by atoms with van der Waals surface area (Å²) in [4.78, 5) is 0.0606. The first-order valence-electron chi connectivity index (χ1n) is 7.86. The van der Waals surface area contributed by atoms with Crippen LogP contribution in [0.3, 0.4) is 0 Å². The van der Waals surface area contributed by atoms with Gasteiger partial charge in [-0.05, 0) is 48.9 Å². The molecule has 0 aliphatic heterocycles. The zero-order chi connectivity index (χ0) is 17.9. The molecule has 3 rings (SSSR count). The van der Waals surface area contributed by atoms with Crippen molar-refractivity contribution in [3.63, 3.8) is 0 Å². The highest BCUT2D eigenvalue weighted by Gasteiger charge is 2.25. The maximum absolute atomic E-state index is 13.2. The smallest absolute Gasteiger partial charge is 0.262 e. The topological polar surface area (TPSA) is 37.4 Å². The van der Waals surface area contributed by atoms with Crippen LogP contribution >= 0.6 is 0 Å². The minimum Gasteiger partial charge on any atom is -0.262 e. The van der Waals surface area contributed by atoms with Crippen LogP contribution in [0.1, 0.15) is 11.1 Å². The summed E-state index contributed by atoms with van der Waals surface area (Å²) >= 11 is 0. The normalized spacial score (nSPS) is 11.3. The number of para-hydroxylation sites is 1. The molecule has 5 heteroatoms. The Kier molecular flexibility index (Phi) is 4.86. The molecule has 3 aromatic carbocycles. The second-order valence-corrected chi connectivity index (χ2v) is 7.65. The third-order valence-corrected chi connectivity index (χ3v) is 5.64. The molecular formula is C20H18FNO2S. The van der Waals surface area contributed by atoms with Gasteiger partial charge in [0.2, 0.25) is 0 Å². The van der Waals surface area contributed by atoms with Crippen molar-refractivity contribution in [2.45, 2.75) is 18.4 Å². The number of hydrogen-bond donors (Lipinski definition) is 0. The average Bonchev–Trinajstić information content (AvgIpc) is 2.61. The molecule has 0 atom stereocenters. The Labute approximate surface area is 147 Å². The van der Waals surface area contributed by atoms with Crippen LogP contribution in [0.25, 0.3) is 0 Å². The summed E-state index contributed by atoms with van der Waals surface area (Å²) in [7, 11) is -3.82. The summed E-state index contributed by atoms with van der Waals surface area (Å²) < 4.78 is 40.8. The molecule has 0 spiro atoms. The van der Waals surface area contributed by atoms with Crippen LogP contribution < -0.4 is 4.31 Å². The summed E-state index contributed by atoms with van der Waals surface area (Å²) in [5.74, 6) is -0.469. The molecule has 0 N–H and O–H groups in total. The Morgan fingerprint density at radius 1 is 0.880 bits per heavy atom. The van der Waals surface area contributed by atoms with Gasteiger partial charge in [0, 0.05) is 0 Å². The van der Waals surface area contributed by atoms with Crippen LogP contribution in [0.15, 0.2) is 83.8 Å². The molecule has 0 radical (unpaired) electrons. The van der Waals surface area contributed by atoms with Crippen LogP contribution in [0, 0.1) is 12.7 Å². The second-order valence-electron chi connectivity index (χ2n) is 5.79. The standard InChI is InChI=1S/C20H18FNO2S/c1-16-6-5-7-17(14-16)15-22(19-8-3-2-4-9-19)25(23,24)20-12-10-18(21)11-13-20/h2-14H,15H2,1H3. The number of hydrogen-bond acceptors (Lipinski definition) is 2. The summed E-state index contributed by atoms with van der Waals surface area (Å²) in [6, 6.07) is 21.5. The molecule has 25 heavy (non-hydrogen) atoms. The lowest BCUT2D eigenvalue weighted by Crippen LogP contribution is -2.30. The fraction of sp³-hybridized carbons (Fsp3) is 0.100. The average molecular weight is 355 g/mol. The van der Waals surface area contributed by atoms with E-state index in [-0.39, 0.29) is 11.4 Å². The molecule has 128 valence electrons. The van der Waals surface area contributed by atoms with Crippen LogP contribution in [0.4, 0.5) is 10.1 Å². The summed E-state index contributed by atoms with van der Waals surface area (Å²) in [6.45, 7) is 2.16. The lowest BCUT2D eigenvalue weighted by atomic mass is 10.1. The Morgan fingerprint density at radius 2 is 1.56 bits per heavy atom. The molecule has 0 fully saturated rings. The van der Waals surface area contributed by atoms with E-state index in [2.05, 4.69) is 0 Å². The van der Waals surface area contributed by atoms with Gasteiger partial charge in [0.1, 0.15) is 5.82 Å². The molecular weight excluding hydrogens is 337 g/mol. The van der Waals surface area contributed by atoms with Gasteiger partial charge in [-0.1, -0.05) is 48.0 Å². The van der Waals surface area contributed by atoms with Crippen molar-refractivity contribution in [2.75, 3.05) is 4.31 Å². The molecule has 0 aromatic heterocycles. The predicted octanol–water partition coefficient (Wildman–Crippen LogP) is 4.53. The van der Waals surface area contributed by atoms with Gasteiger partial charge in [0.15, 0.2) is 0 Å². The fourth-order valence-corrected chi connectivity index (χ4v) is 4.07. The minimum absolute atomic E-state index is 0.0606. The van der Waals surface area contributed by atoms with Gasteiger partial charge in [0.05, 0.1) is 17.1 Å². The van der Waals surface area contributed by atoms with E-state index in [0.29, 0.717) is 5.69 Å². The number of aryl methyl sites for hydroxylation is 1. The van der Waals surface area contributed by atoms with Gasteiger partial charge in [-0.15, -0.1) is 0 Å². The van der Waals surface area contributed by atoms with E-state index in [0.717, 1.165) is 23.3 Å². The summed E-state index contributed by atoms with van der Waals surface area (Å²) in [6.07, 6.45) is 0. The van der Waals surface area contributed by atoms with Crippen molar-refractivity contribution in [3.05, 3.63) is 95.8 Å². The molecule has 0 aliphatic rings. The van der Waals surface area contributed by atoms with Crippen molar-refractivity contribution in [2.24, 2.45) is 0 Å². The Hall–Kier alpha value is -2.66. The quantitative estimate of drug-likeness (QED) is 0.674. The number of anilines is 1. The van der Waals surface area contributed by atoms with E-state index in [9.17, 15) is 12.8 Å². The molecule has 0 unspecified atom stereocenters. The highest BCUT2D eigenvalue weighted by Crippen LogP contribution is 2.26. The summed E-state index contributed by atoms with van der Waals surface area (Å²) in [5.41, 5.74) is 2.51. The van der Waals surface area contributed by atoms with E-state index in [1.807, 2.05) is 37.3 Å². The zero-order valence-electron chi connectivity index (χ0n) is 13.8. The predicted molar refractivity (Wildman–Crippen MR) is 97.4 cm³/mol. The zero-order valence-corrected chi connectivity index (χ0v) is 14.6. The highest BCUT2D eigenvalue weighted by molar-refractivity contribution is 7.92. The Balaban J connectivity index is 2.06. The number of nitrogens with zero attached hydrogens (tertiary/aromatic N) is 1. The molecule has 0 saturated heterocycles. The number of halogens is 1. The Morgan fingerprint density at radius 3 is 2.20 bits per heavy atom. The van der Waals surface area contributed by atoms with Crippen molar-refractivity contribution in [1.29, 1.82) is 0 Å².